The van der Waals surface area contributed by atoms with Gasteiger partial charge in [-0.1, -0.05) is 0 Å². The van der Waals surface area contributed by atoms with Gasteiger partial charge in [-0.05, 0) is 6.92 Å². The van der Waals surface area contributed by atoms with Gasteiger partial charge in [0, 0.05) is 11.0 Å². The van der Waals surface area contributed by atoms with Crippen molar-refractivity contribution < 1.29 is 13.6 Å². The van der Waals surface area contributed by atoms with Crippen molar-refractivity contribution in [2.45, 2.75) is 13.8 Å². The first kappa shape index (κ1) is 1.96. The van der Waals surface area contributed by atoms with E-state index >= 15 is 0 Å². The van der Waals surface area contributed by atoms with Gasteiger partial charge >= 0.3 is 5.97 Å². The number of esters is 1. The van der Waals surface area contributed by atoms with Gasteiger partial charge in [0.05, 0.1) is 6.61 Å². The Morgan fingerprint density at radius 2 is 2.83 bits per heavy atom. The number of carbonyl (C=O) groups is 1. The maximum Gasteiger partial charge on any atom is 0.302 e. The zero-order valence-electron chi connectivity index (χ0n) is 6.52. The van der Waals surface area contributed by atoms with E-state index in [2.05, 4.69) is 4.74 Å². The molecule has 0 aliphatic rings. The Hall–Kier alpha value is -0.530. The highest BCUT2D eigenvalue weighted by atomic mass is 16.5. The van der Waals surface area contributed by atoms with Crippen LogP contribution in [0.15, 0.2) is 0 Å². The van der Waals surface area contributed by atoms with E-state index in [1.54, 1.807) is 6.92 Å². The molecule has 0 aromatic rings. The lowest BCUT2D eigenvalue weighted by atomic mass is 10.8. The molecular weight excluding hydrogens is 80.0 g/mol. The normalized spacial score (nSPS) is 17.2. The summed E-state index contributed by atoms with van der Waals surface area (Å²) < 4.78 is 23.7. The zero-order chi connectivity index (χ0) is 7.49. The fourth-order valence-corrected chi connectivity index (χ4v) is 0.131. The van der Waals surface area contributed by atoms with Crippen molar-refractivity contribution in [1.82, 2.24) is 0 Å². The van der Waals surface area contributed by atoms with Crippen molar-refractivity contribution in [2.24, 2.45) is 0 Å². The summed E-state index contributed by atoms with van der Waals surface area (Å²) in [4.78, 5) is 10.3. The maximum absolute atomic E-state index is 10.3. The lowest BCUT2D eigenvalue weighted by molar-refractivity contribution is -0.140. The third-order valence-corrected chi connectivity index (χ3v) is 0.275. The minimum Gasteiger partial charge on any atom is -0.466 e. The van der Waals surface area contributed by atoms with Crippen LogP contribution >= 0.6 is 0 Å². The Kier molecular flexibility index (Phi) is 0.879. The summed E-state index contributed by atoms with van der Waals surface area (Å²) in [7, 11) is 0. The summed E-state index contributed by atoms with van der Waals surface area (Å²) in [5, 5.41) is 0. The molecule has 0 rings (SSSR count). The van der Waals surface area contributed by atoms with Crippen LogP contribution in [0, 0.1) is 0 Å². The molecule has 36 valence electrons. The molecule has 0 atom stereocenters. The molecule has 0 N–H and O–H groups in total. The van der Waals surface area contributed by atoms with E-state index in [0.717, 1.165) is 0 Å². The fourth-order valence-electron chi connectivity index (χ4n) is 0.131. The summed E-state index contributed by atoms with van der Waals surface area (Å²) >= 11 is 0. The van der Waals surface area contributed by atoms with Crippen molar-refractivity contribution in [2.75, 3.05) is 6.61 Å². The topological polar surface area (TPSA) is 26.3 Å². The highest BCUT2D eigenvalue weighted by molar-refractivity contribution is 5.65. The van der Waals surface area contributed by atoms with Crippen LogP contribution in [0.3, 0.4) is 0 Å². The number of carbonyl (C=O) groups excluding carboxylic acids is 1. The molecule has 2 nitrogen and oxygen atoms in total. The van der Waals surface area contributed by atoms with Gasteiger partial charge in [-0.3, -0.25) is 4.79 Å². The van der Waals surface area contributed by atoms with Gasteiger partial charge in [0.1, 0.15) is 0 Å². The third-order valence-electron chi connectivity index (χ3n) is 0.275. The Balaban J connectivity index is 3.74. The van der Waals surface area contributed by atoms with Gasteiger partial charge in [0.2, 0.25) is 0 Å². The Bertz CT molecular complexity index is 107. The molecule has 6 heavy (non-hydrogen) atoms. The van der Waals surface area contributed by atoms with Gasteiger partial charge in [-0.2, -0.15) is 0 Å². The maximum atomic E-state index is 10.3. The predicted molar refractivity (Wildman–Crippen MR) is 22.3 cm³/mol. The van der Waals surface area contributed by atoms with Gasteiger partial charge in [-0.25, -0.2) is 0 Å². The second kappa shape index (κ2) is 2.69. The largest absolute Gasteiger partial charge is 0.466 e. The first-order valence-corrected chi connectivity index (χ1v) is 1.65. The van der Waals surface area contributed by atoms with Crippen LogP contribution in [0.4, 0.5) is 0 Å². The molecule has 2 heteroatoms. The van der Waals surface area contributed by atoms with Gasteiger partial charge in [0.25, 0.3) is 0 Å². The predicted octanol–water partition coefficient (Wildman–Crippen LogP) is 0.569. The highest BCUT2D eigenvalue weighted by Gasteiger charge is 1.81. The molecule has 0 aromatic carbocycles. The van der Waals surface area contributed by atoms with Crippen molar-refractivity contribution in [3.63, 3.8) is 0 Å². The van der Waals surface area contributed by atoms with Crippen LogP contribution in [-0.2, 0) is 9.53 Å². The van der Waals surface area contributed by atoms with Gasteiger partial charge < -0.3 is 4.74 Å². The lowest BCUT2D eigenvalue weighted by Crippen LogP contribution is -1.95. The van der Waals surface area contributed by atoms with E-state index < -0.39 is 12.8 Å². The van der Waals surface area contributed by atoms with Crippen LogP contribution in [0.25, 0.3) is 0 Å². The van der Waals surface area contributed by atoms with Crippen molar-refractivity contribution in [3.05, 3.63) is 0 Å². The summed E-state index contributed by atoms with van der Waals surface area (Å²) in [6, 6.07) is 0. The molecule has 0 aliphatic carbocycles. The van der Waals surface area contributed by atoms with E-state index in [0.29, 0.717) is 0 Å². The second-order valence-electron chi connectivity index (χ2n) is 0.720. The first-order valence-electron chi connectivity index (χ1n) is 3.15. The molecule has 0 aromatic heterocycles. The van der Waals surface area contributed by atoms with Crippen LogP contribution in [0.5, 0.6) is 0 Å². The smallest absolute Gasteiger partial charge is 0.302 e. The van der Waals surface area contributed by atoms with Crippen LogP contribution in [0.1, 0.15) is 17.9 Å². The standard InChI is InChI=1S/C4H8O2/c1-3-6-4(2)5/h3H2,1-2H3/i2D3. The molecular formula is C4H8O2. The lowest BCUT2D eigenvalue weighted by Gasteiger charge is -1.89. The molecule has 0 saturated carbocycles. The molecule has 0 amide bonds. The number of hydrogen-bond acceptors (Lipinski definition) is 2. The van der Waals surface area contributed by atoms with Crippen LogP contribution in [0.2, 0.25) is 0 Å². The minimum atomic E-state index is -2.60. The molecule has 0 radical (unpaired) electrons. The number of ether oxygens (including phenoxy) is 1. The van der Waals surface area contributed by atoms with Crippen LogP contribution < -0.4 is 0 Å². The molecule has 0 bridgehead atoms. The summed E-state index contributed by atoms with van der Waals surface area (Å²) in [6.45, 7) is -0.934. The molecule has 0 saturated heterocycles. The van der Waals surface area contributed by atoms with Crippen LogP contribution in [-0.4, -0.2) is 12.6 Å². The molecule has 0 fully saturated rings. The van der Waals surface area contributed by atoms with E-state index in [4.69, 9.17) is 4.11 Å². The number of hydrogen-bond donors (Lipinski definition) is 0. The quantitative estimate of drug-likeness (QED) is 0.441. The summed E-state index contributed by atoms with van der Waals surface area (Å²) in [6.07, 6.45) is 0. The third kappa shape index (κ3) is 3.47. The van der Waals surface area contributed by atoms with Crippen molar-refractivity contribution in [1.29, 1.82) is 0 Å². The summed E-state index contributed by atoms with van der Waals surface area (Å²) in [5.41, 5.74) is 0. The number of rotatable bonds is 1. The molecule has 0 heterocycles. The molecule has 0 aliphatic heterocycles. The molecule has 0 spiro atoms. The van der Waals surface area contributed by atoms with E-state index in [1.807, 2.05) is 0 Å². The average Bonchev–Trinajstić information content (AvgIpc) is 1.64. The highest BCUT2D eigenvalue weighted by Crippen LogP contribution is 1.69. The molecule has 0 unspecified atom stereocenters. The minimum absolute atomic E-state index is 0.108. The van der Waals surface area contributed by atoms with E-state index in [9.17, 15) is 4.79 Å². The monoisotopic (exact) mass is 91.1 g/mol. The van der Waals surface area contributed by atoms with Crippen molar-refractivity contribution >= 4 is 5.97 Å². The van der Waals surface area contributed by atoms with E-state index in [1.165, 1.54) is 0 Å². The zero-order valence-corrected chi connectivity index (χ0v) is 3.52. The average molecular weight is 91.1 g/mol. The Labute approximate surface area is 41.3 Å². The Morgan fingerprint density at radius 1 is 2.17 bits per heavy atom. The SMILES string of the molecule is [2H]C([2H])([2H])C(=O)OCC. The van der Waals surface area contributed by atoms with Gasteiger partial charge in [-0.15, -0.1) is 0 Å². The second-order valence-corrected chi connectivity index (χ2v) is 0.720. The van der Waals surface area contributed by atoms with Crippen molar-refractivity contribution in [3.8, 4) is 0 Å². The van der Waals surface area contributed by atoms with Gasteiger partial charge in [0.15, 0.2) is 0 Å². The fraction of sp³-hybridized carbons (Fsp3) is 0.750. The summed E-state index contributed by atoms with van der Waals surface area (Å²) in [5.74, 6) is -1.13. The first-order chi connectivity index (χ1) is 3.98. The Morgan fingerprint density at radius 3 is 3.00 bits per heavy atom. The van der Waals surface area contributed by atoms with E-state index in [-0.39, 0.29) is 6.61 Å².